The highest BCUT2D eigenvalue weighted by Crippen LogP contribution is 2.23. The molecule has 2 aromatic carbocycles. The molecule has 1 heterocycles. The van der Waals surface area contributed by atoms with E-state index in [-0.39, 0.29) is 27.2 Å². The summed E-state index contributed by atoms with van der Waals surface area (Å²) in [6, 6.07) is 11.7. The molecule has 0 unspecified atom stereocenters. The number of hydrogen-bond acceptors (Lipinski definition) is 6. The number of aromatic nitrogens is 2. The van der Waals surface area contributed by atoms with Crippen LogP contribution in [-0.2, 0) is 10.0 Å². The van der Waals surface area contributed by atoms with Crippen LogP contribution in [0.25, 0.3) is 0 Å². The van der Waals surface area contributed by atoms with Crippen molar-refractivity contribution in [3.8, 4) is 5.88 Å². The quantitative estimate of drug-likeness (QED) is 0.681. The van der Waals surface area contributed by atoms with Crippen molar-refractivity contribution in [3.63, 3.8) is 0 Å². The Balaban J connectivity index is 1.90. The molecule has 0 amide bonds. The average molecular weight is 396 g/mol. The molecule has 10 heteroatoms. The van der Waals surface area contributed by atoms with Crippen molar-refractivity contribution >= 4 is 33.4 Å². The number of nitrogens with zero attached hydrogens (tertiary/aromatic N) is 2. The monoisotopic (exact) mass is 395 g/mol. The number of carbonyl (C=O) groups excluding carboxylic acids is 1. The third-order valence-corrected chi connectivity index (χ3v) is 5.23. The number of nitrogen functional groups attached to an aromatic ring is 1. The number of carbonyl (C=O) groups is 1. The fourth-order valence-electron chi connectivity index (χ4n) is 2.10. The van der Waals surface area contributed by atoms with E-state index >= 15 is 0 Å². The van der Waals surface area contributed by atoms with Crippen LogP contribution in [0.2, 0.25) is 5.02 Å². The SMILES string of the molecule is Nc1cc(OC(=O)c2ccc(F)cc2Cl)nn1S(=O)(=O)c1ccccc1. The number of anilines is 1. The maximum atomic E-state index is 13.1. The Morgan fingerprint density at radius 2 is 1.85 bits per heavy atom. The molecule has 0 radical (unpaired) electrons. The van der Waals surface area contributed by atoms with Gasteiger partial charge < -0.3 is 10.5 Å². The Morgan fingerprint density at radius 3 is 2.50 bits per heavy atom. The second kappa shape index (κ2) is 6.77. The van der Waals surface area contributed by atoms with Gasteiger partial charge in [0, 0.05) is 6.07 Å². The van der Waals surface area contributed by atoms with Crippen molar-refractivity contribution in [2.24, 2.45) is 0 Å². The highest BCUT2D eigenvalue weighted by molar-refractivity contribution is 7.90. The van der Waals surface area contributed by atoms with Gasteiger partial charge in [0.15, 0.2) is 0 Å². The van der Waals surface area contributed by atoms with Crippen LogP contribution in [0.5, 0.6) is 5.88 Å². The van der Waals surface area contributed by atoms with E-state index in [1.54, 1.807) is 18.2 Å². The van der Waals surface area contributed by atoms with Crippen molar-refractivity contribution in [1.82, 2.24) is 9.19 Å². The van der Waals surface area contributed by atoms with E-state index in [9.17, 15) is 17.6 Å². The summed E-state index contributed by atoms with van der Waals surface area (Å²) >= 11 is 5.79. The van der Waals surface area contributed by atoms with Gasteiger partial charge in [-0.1, -0.05) is 29.8 Å². The zero-order valence-corrected chi connectivity index (χ0v) is 14.5. The van der Waals surface area contributed by atoms with E-state index in [1.807, 2.05) is 0 Å². The topological polar surface area (TPSA) is 104 Å². The number of rotatable bonds is 4. The highest BCUT2D eigenvalue weighted by Gasteiger charge is 2.23. The van der Waals surface area contributed by atoms with Crippen LogP contribution >= 0.6 is 11.6 Å². The molecule has 26 heavy (non-hydrogen) atoms. The fourth-order valence-corrected chi connectivity index (χ4v) is 3.56. The van der Waals surface area contributed by atoms with Crippen LogP contribution in [0.15, 0.2) is 59.5 Å². The first kappa shape index (κ1) is 17.9. The molecule has 0 aliphatic carbocycles. The first-order chi connectivity index (χ1) is 12.3. The van der Waals surface area contributed by atoms with Gasteiger partial charge in [0.1, 0.15) is 11.6 Å². The number of benzene rings is 2. The molecule has 134 valence electrons. The summed E-state index contributed by atoms with van der Waals surface area (Å²) in [5.74, 6) is -2.14. The van der Waals surface area contributed by atoms with Crippen molar-refractivity contribution < 1.29 is 22.3 Å². The van der Waals surface area contributed by atoms with Crippen LogP contribution in [0.1, 0.15) is 10.4 Å². The standard InChI is InChI=1S/C16H11ClFN3O4S/c17-13-8-10(18)6-7-12(13)16(22)25-15-9-14(19)21(20-15)26(23,24)11-4-2-1-3-5-11/h1-9H,19H2. The lowest BCUT2D eigenvalue weighted by atomic mass is 10.2. The van der Waals surface area contributed by atoms with Gasteiger partial charge in [0.25, 0.3) is 10.0 Å². The molecule has 0 aliphatic heterocycles. The van der Waals surface area contributed by atoms with Gasteiger partial charge in [-0.3, -0.25) is 0 Å². The van der Waals surface area contributed by atoms with Crippen molar-refractivity contribution in [2.45, 2.75) is 4.90 Å². The smallest absolute Gasteiger partial charge is 0.346 e. The molecular weight excluding hydrogens is 385 g/mol. The lowest BCUT2D eigenvalue weighted by Crippen LogP contribution is -2.17. The van der Waals surface area contributed by atoms with E-state index in [0.717, 1.165) is 24.3 Å². The summed E-state index contributed by atoms with van der Waals surface area (Å²) in [6.45, 7) is 0. The Kier molecular flexibility index (Phi) is 4.66. The molecule has 3 rings (SSSR count). The van der Waals surface area contributed by atoms with Gasteiger partial charge in [0.05, 0.1) is 15.5 Å². The minimum atomic E-state index is -4.05. The van der Waals surface area contributed by atoms with Crippen molar-refractivity contribution in [1.29, 1.82) is 0 Å². The highest BCUT2D eigenvalue weighted by atomic mass is 35.5. The normalized spacial score (nSPS) is 11.3. The first-order valence-corrected chi connectivity index (χ1v) is 8.94. The predicted octanol–water partition coefficient (Wildman–Crippen LogP) is 2.71. The summed E-state index contributed by atoms with van der Waals surface area (Å²) < 4.78 is 43.7. The molecule has 1 aromatic heterocycles. The predicted molar refractivity (Wildman–Crippen MR) is 92.0 cm³/mol. The number of nitrogens with two attached hydrogens (primary N) is 1. The van der Waals surface area contributed by atoms with Crippen molar-refractivity contribution in [2.75, 3.05) is 5.73 Å². The second-order valence-corrected chi connectivity index (χ2v) is 7.26. The lowest BCUT2D eigenvalue weighted by molar-refractivity contribution is 0.0727. The van der Waals surface area contributed by atoms with E-state index in [0.29, 0.717) is 4.09 Å². The minimum absolute atomic E-state index is 0.0331. The average Bonchev–Trinajstić information content (AvgIpc) is 2.96. The van der Waals surface area contributed by atoms with Gasteiger partial charge in [-0.2, -0.15) is 8.42 Å². The molecule has 0 spiro atoms. The molecule has 0 saturated carbocycles. The summed E-state index contributed by atoms with van der Waals surface area (Å²) in [4.78, 5) is 12.1. The third kappa shape index (κ3) is 3.39. The molecule has 0 atom stereocenters. The zero-order valence-electron chi connectivity index (χ0n) is 13.0. The lowest BCUT2D eigenvalue weighted by Gasteiger charge is -2.05. The number of esters is 1. The van der Waals surface area contributed by atoms with E-state index < -0.39 is 21.8 Å². The van der Waals surface area contributed by atoms with Gasteiger partial charge >= 0.3 is 5.97 Å². The Bertz CT molecular complexity index is 1080. The molecule has 0 bridgehead atoms. The number of hydrogen-bond donors (Lipinski definition) is 1. The second-order valence-electron chi connectivity index (χ2n) is 5.08. The summed E-state index contributed by atoms with van der Waals surface area (Å²) in [7, 11) is -4.05. The fraction of sp³-hybridized carbons (Fsp3) is 0. The molecule has 0 saturated heterocycles. The largest absolute Gasteiger partial charge is 0.402 e. The molecule has 7 nitrogen and oxygen atoms in total. The maximum absolute atomic E-state index is 13.1. The molecule has 2 N–H and O–H groups in total. The third-order valence-electron chi connectivity index (χ3n) is 3.30. The van der Waals surface area contributed by atoms with Crippen LogP contribution in [0.4, 0.5) is 10.2 Å². The van der Waals surface area contributed by atoms with Gasteiger partial charge in [-0.25, -0.2) is 9.18 Å². The maximum Gasteiger partial charge on any atom is 0.346 e. The first-order valence-electron chi connectivity index (χ1n) is 7.12. The van der Waals surface area contributed by atoms with Gasteiger partial charge in [0.2, 0.25) is 5.88 Å². The van der Waals surface area contributed by atoms with Crippen LogP contribution in [-0.4, -0.2) is 23.6 Å². The minimum Gasteiger partial charge on any atom is -0.402 e. The van der Waals surface area contributed by atoms with Gasteiger partial charge in [-0.05, 0) is 30.3 Å². The Hall–Kier alpha value is -2.91. The van der Waals surface area contributed by atoms with E-state index in [2.05, 4.69) is 5.10 Å². The number of halogens is 2. The Labute approximate surface area is 152 Å². The molecular formula is C16H11ClFN3O4S. The summed E-state index contributed by atoms with van der Waals surface area (Å²) in [5, 5.41) is 3.56. The molecule has 3 aromatic rings. The summed E-state index contributed by atoms with van der Waals surface area (Å²) in [5.41, 5.74) is 5.58. The van der Waals surface area contributed by atoms with E-state index in [4.69, 9.17) is 22.1 Å². The van der Waals surface area contributed by atoms with Crippen LogP contribution < -0.4 is 10.5 Å². The summed E-state index contributed by atoms with van der Waals surface area (Å²) in [6.07, 6.45) is 0. The zero-order chi connectivity index (χ0) is 18.9. The number of ether oxygens (including phenoxy) is 1. The molecule has 0 aliphatic rings. The van der Waals surface area contributed by atoms with E-state index in [1.165, 1.54) is 12.1 Å². The molecule has 0 fully saturated rings. The van der Waals surface area contributed by atoms with Crippen LogP contribution in [0.3, 0.4) is 0 Å². The van der Waals surface area contributed by atoms with Gasteiger partial charge in [-0.15, -0.1) is 9.19 Å². The Morgan fingerprint density at radius 1 is 1.15 bits per heavy atom. The van der Waals surface area contributed by atoms with Crippen molar-refractivity contribution in [3.05, 3.63) is 71.0 Å². The van der Waals surface area contributed by atoms with Crippen LogP contribution in [0, 0.1) is 5.82 Å².